The van der Waals surface area contributed by atoms with Crippen molar-refractivity contribution >= 4 is 28.7 Å². The van der Waals surface area contributed by atoms with E-state index in [4.69, 9.17) is 12.2 Å². The summed E-state index contributed by atoms with van der Waals surface area (Å²) in [5.41, 5.74) is 1.39. The van der Waals surface area contributed by atoms with Crippen LogP contribution in [-0.4, -0.2) is 16.1 Å². The van der Waals surface area contributed by atoms with Crippen molar-refractivity contribution in [3.63, 3.8) is 0 Å². The Kier molecular flexibility index (Phi) is 4.31. The number of nitro groups is 1. The van der Waals surface area contributed by atoms with Crippen molar-refractivity contribution in [3.8, 4) is 0 Å². The van der Waals surface area contributed by atoms with Crippen LogP contribution in [-0.2, 0) is 0 Å². The third kappa shape index (κ3) is 3.41. The van der Waals surface area contributed by atoms with Gasteiger partial charge in [-0.1, -0.05) is 18.9 Å². The first-order valence-electron chi connectivity index (χ1n) is 6.39. The molecule has 6 heteroatoms. The predicted molar refractivity (Wildman–Crippen MR) is 79.4 cm³/mol. The van der Waals surface area contributed by atoms with Crippen LogP contribution in [0.25, 0.3) is 0 Å². The fraction of sp³-hybridized carbons (Fsp3) is 0.462. The van der Waals surface area contributed by atoms with Crippen molar-refractivity contribution in [2.24, 2.45) is 0 Å². The molecule has 1 saturated carbocycles. The Morgan fingerprint density at radius 2 is 2.11 bits per heavy atom. The molecular weight excluding hydrogens is 262 g/mol. The first-order valence-corrected chi connectivity index (χ1v) is 6.80. The predicted octanol–water partition coefficient (Wildman–Crippen LogP) is 3.13. The second-order valence-corrected chi connectivity index (χ2v) is 5.19. The summed E-state index contributed by atoms with van der Waals surface area (Å²) >= 11 is 5.25. The van der Waals surface area contributed by atoms with Gasteiger partial charge >= 0.3 is 0 Å². The fourth-order valence-corrected chi connectivity index (χ4v) is 2.65. The van der Waals surface area contributed by atoms with Gasteiger partial charge in [0.1, 0.15) is 0 Å². The van der Waals surface area contributed by atoms with E-state index in [-0.39, 0.29) is 10.6 Å². The molecule has 5 nitrogen and oxygen atoms in total. The Labute approximate surface area is 117 Å². The van der Waals surface area contributed by atoms with Crippen molar-refractivity contribution in [1.29, 1.82) is 0 Å². The van der Waals surface area contributed by atoms with E-state index in [0.717, 1.165) is 12.8 Å². The number of nitrogens with zero attached hydrogens (tertiary/aromatic N) is 1. The quantitative estimate of drug-likeness (QED) is 0.505. The molecule has 2 rings (SSSR count). The monoisotopic (exact) mass is 279 g/mol. The summed E-state index contributed by atoms with van der Waals surface area (Å²) in [5.74, 6) is 0. The Hall–Kier alpha value is -1.69. The summed E-state index contributed by atoms with van der Waals surface area (Å²) in [6.07, 6.45) is 4.73. The third-order valence-electron chi connectivity index (χ3n) is 3.44. The van der Waals surface area contributed by atoms with Gasteiger partial charge in [-0.05, 0) is 38.0 Å². The highest BCUT2D eigenvalue weighted by Crippen LogP contribution is 2.25. The van der Waals surface area contributed by atoms with E-state index in [1.54, 1.807) is 19.1 Å². The number of rotatable bonds is 3. The molecule has 0 bridgehead atoms. The van der Waals surface area contributed by atoms with Crippen LogP contribution >= 0.6 is 12.2 Å². The molecule has 19 heavy (non-hydrogen) atoms. The van der Waals surface area contributed by atoms with Gasteiger partial charge in [-0.2, -0.15) is 0 Å². The summed E-state index contributed by atoms with van der Waals surface area (Å²) in [5, 5.41) is 17.7. The summed E-state index contributed by atoms with van der Waals surface area (Å²) in [4.78, 5) is 10.5. The average molecular weight is 279 g/mol. The molecule has 0 aliphatic heterocycles. The number of thiocarbonyl (C=S) groups is 1. The fourth-order valence-electron chi connectivity index (χ4n) is 2.37. The van der Waals surface area contributed by atoms with E-state index < -0.39 is 0 Å². The van der Waals surface area contributed by atoms with Gasteiger partial charge in [0, 0.05) is 17.8 Å². The molecule has 1 aliphatic rings. The normalized spacial score (nSPS) is 15.2. The van der Waals surface area contributed by atoms with Crippen molar-refractivity contribution < 1.29 is 4.92 Å². The second kappa shape index (κ2) is 5.97. The van der Waals surface area contributed by atoms with Crippen molar-refractivity contribution in [1.82, 2.24) is 5.32 Å². The highest BCUT2D eigenvalue weighted by atomic mass is 32.1. The standard InChI is InChI=1S/C13H17N3O2S/c1-9-11(7-4-8-12(9)16(17)18)15-13(19)14-10-5-2-3-6-10/h4,7-8,10H,2-3,5-6H2,1H3,(H2,14,15,19). The van der Waals surface area contributed by atoms with Crippen LogP contribution in [0.15, 0.2) is 18.2 Å². The molecule has 0 spiro atoms. The number of benzene rings is 1. The van der Waals surface area contributed by atoms with Crippen LogP contribution in [0.1, 0.15) is 31.2 Å². The van der Waals surface area contributed by atoms with Crippen LogP contribution in [0, 0.1) is 17.0 Å². The molecule has 0 saturated heterocycles. The number of hydrogen-bond acceptors (Lipinski definition) is 3. The molecule has 1 aromatic rings. The van der Waals surface area contributed by atoms with Gasteiger partial charge in [-0.25, -0.2) is 0 Å². The van der Waals surface area contributed by atoms with E-state index >= 15 is 0 Å². The summed E-state index contributed by atoms with van der Waals surface area (Å²) in [7, 11) is 0. The molecule has 1 aromatic carbocycles. The summed E-state index contributed by atoms with van der Waals surface area (Å²) in [6, 6.07) is 5.38. The van der Waals surface area contributed by atoms with Gasteiger partial charge < -0.3 is 10.6 Å². The molecule has 1 aliphatic carbocycles. The van der Waals surface area contributed by atoms with Crippen molar-refractivity contribution in [2.75, 3.05) is 5.32 Å². The molecular formula is C13H17N3O2S. The molecule has 0 atom stereocenters. The van der Waals surface area contributed by atoms with Crippen molar-refractivity contribution in [3.05, 3.63) is 33.9 Å². The van der Waals surface area contributed by atoms with E-state index in [0.29, 0.717) is 22.4 Å². The molecule has 0 heterocycles. The molecule has 0 amide bonds. The second-order valence-electron chi connectivity index (χ2n) is 4.79. The highest BCUT2D eigenvalue weighted by molar-refractivity contribution is 7.80. The van der Waals surface area contributed by atoms with Crippen LogP contribution in [0.4, 0.5) is 11.4 Å². The molecule has 1 fully saturated rings. The number of nitrogens with one attached hydrogen (secondary N) is 2. The Morgan fingerprint density at radius 3 is 2.74 bits per heavy atom. The van der Waals surface area contributed by atoms with Gasteiger partial charge in [0.05, 0.1) is 10.5 Å². The average Bonchev–Trinajstić information content (AvgIpc) is 2.84. The number of hydrogen-bond donors (Lipinski definition) is 2. The number of anilines is 1. The molecule has 0 radical (unpaired) electrons. The van der Waals surface area contributed by atoms with Crippen molar-refractivity contribution in [2.45, 2.75) is 38.6 Å². The summed E-state index contributed by atoms with van der Waals surface area (Å²) in [6.45, 7) is 1.72. The minimum atomic E-state index is -0.381. The lowest BCUT2D eigenvalue weighted by atomic mass is 10.1. The van der Waals surface area contributed by atoms with Crippen LogP contribution in [0.5, 0.6) is 0 Å². The molecule has 0 unspecified atom stereocenters. The third-order valence-corrected chi connectivity index (χ3v) is 3.66. The van der Waals surface area contributed by atoms with Gasteiger partial charge in [-0.15, -0.1) is 0 Å². The lowest BCUT2D eigenvalue weighted by molar-refractivity contribution is -0.385. The minimum Gasteiger partial charge on any atom is -0.360 e. The molecule has 2 N–H and O–H groups in total. The summed E-state index contributed by atoms with van der Waals surface area (Å²) < 4.78 is 0. The molecule has 0 aromatic heterocycles. The van der Waals surface area contributed by atoms with E-state index in [1.165, 1.54) is 18.9 Å². The lowest BCUT2D eigenvalue weighted by Crippen LogP contribution is -2.36. The molecule has 102 valence electrons. The minimum absolute atomic E-state index is 0.105. The lowest BCUT2D eigenvalue weighted by Gasteiger charge is -2.16. The van der Waals surface area contributed by atoms with Gasteiger partial charge in [0.2, 0.25) is 0 Å². The Bertz CT molecular complexity index is 499. The smallest absolute Gasteiger partial charge is 0.274 e. The topological polar surface area (TPSA) is 67.2 Å². The maximum atomic E-state index is 10.9. The number of nitro benzene ring substituents is 1. The first-order chi connectivity index (χ1) is 9.08. The highest BCUT2D eigenvalue weighted by Gasteiger charge is 2.17. The Balaban J connectivity index is 2.04. The van der Waals surface area contributed by atoms with Gasteiger partial charge in [0.25, 0.3) is 5.69 Å². The van der Waals surface area contributed by atoms with E-state index in [1.807, 2.05) is 0 Å². The zero-order valence-electron chi connectivity index (χ0n) is 10.8. The SMILES string of the molecule is Cc1c(NC(=S)NC2CCCC2)cccc1[N+](=O)[O-]. The van der Waals surface area contributed by atoms with Crippen LogP contribution in [0.3, 0.4) is 0 Å². The van der Waals surface area contributed by atoms with Gasteiger partial charge in [0.15, 0.2) is 5.11 Å². The van der Waals surface area contributed by atoms with Crippen LogP contribution < -0.4 is 10.6 Å². The van der Waals surface area contributed by atoms with E-state index in [9.17, 15) is 10.1 Å². The zero-order valence-corrected chi connectivity index (χ0v) is 11.6. The van der Waals surface area contributed by atoms with Gasteiger partial charge in [-0.3, -0.25) is 10.1 Å². The maximum absolute atomic E-state index is 10.9. The zero-order chi connectivity index (χ0) is 13.8. The first kappa shape index (κ1) is 13.7. The van der Waals surface area contributed by atoms with E-state index in [2.05, 4.69) is 10.6 Å². The largest absolute Gasteiger partial charge is 0.360 e. The van der Waals surface area contributed by atoms with Crippen LogP contribution in [0.2, 0.25) is 0 Å². The Morgan fingerprint density at radius 1 is 1.42 bits per heavy atom. The maximum Gasteiger partial charge on any atom is 0.274 e.